The highest BCUT2D eigenvalue weighted by Crippen LogP contribution is 2.20. The topological polar surface area (TPSA) is 64.4 Å². The summed E-state index contributed by atoms with van der Waals surface area (Å²) in [4.78, 5) is 16.5. The van der Waals surface area contributed by atoms with E-state index in [1.165, 1.54) is 0 Å². The molecular weight excluding hydrogens is 280 g/mol. The lowest BCUT2D eigenvalue weighted by molar-refractivity contribution is 0.0923. The van der Waals surface area contributed by atoms with Crippen LogP contribution in [0.1, 0.15) is 47.5 Å². The summed E-state index contributed by atoms with van der Waals surface area (Å²) in [5.74, 6) is 1.58. The van der Waals surface area contributed by atoms with Crippen LogP contribution in [-0.4, -0.2) is 24.5 Å². The predicted molar refractivity (Wildman–Crippen MR) is 84.4 cm³/mol. The maximum atomic E-state index is 12.3. The van der Waals surface area contributed by atoms with Crippen LogP contribution in [0.15, 0.2) is 28.7 Å². The fourth-order valence-electron chi connectivity index (χ4n) is 2.30. The van der Waals surface area contributed by atoms with Crippen molar-refractivity contribution in [2.75, 3.05) is 13.7 Å². The van der Waals surface area contributed by atoms with Crippen LogP contribution >= 0.6 is 0 Å². The Bertz CT molecular complexity index is 647. The third-order valence-corrected chi connectivity index (χ3v) is 3.39. The van der Waals surface area contributed by atoms with Gasteiger partial charge in [0.15, 0.2) is 5.89 Å². The van der Waals surface area contributed by atoms with Gasteiger partial charge in [0.05, 0.1) is 12.8 Å². The summed E-state index contributed by atoms with van der Waals surface area (Å²) >= 11 is 0. The van der Waals surface area contributed by atoms with E-state index in [4.69, 9.17) is 9.15 Å². The summed E-state index contributed by atoms with van der Waals surface area (Å²) in [5, 5.41) is 2.88. The SMILES string of the molecule is COc1ccccc1CCNC(=O)c1oc(C)nc1C(C)C. The average Bonchev–Trinajstić information content (AvgIpc) is 2.90. The number of hydrogen-bond acceptors (Lipinski definition) is 4. The molecule has 5 heteroatoms. The van der Waals surface area contributed by atoms with Gasteiger partial charge in [-0.3, -0.25) is 4.79 Å². The summed E-state index contributed by atoms with van der Waals surface area (Å²) in [7, 11) is 1.64. The smallest absolute Gasteiger partial charge is 0.289 e. The van der Waals surface area contributed by atoms with E-state index in [0.29, 0.717) is 30.3 Å². The lowest BCUT2D eigenvalue weighted by atomic mass is 10.1. The summed E-state index contributed by atoms with van der Waals surface area (Å²) < 4.78 is 10.7. The Balaban J connectivity index is 1.99. The average molecular weight is 302 g/mol. The second-order valence-electron chi connectivity index (χ2n) is 5.42. The molecule has 1 amide bonds. The van der Waals surface area contributed by atoms with Gasteiger partial charge >= 0.3 is 0 Å². The number of hydrogen-bond donors (Lipinski definition) is 1. The van der Waals surface area contributed by atoms with E-state index in [1.54, 1.807) is 14.0 Å². The van der Waals surface area contributed by atoms with Gasteiger partial charge in [0.1, 0.15) is 5.75 Å². The maximum absolute atomic E-state index is 12.3. The Morgan fingerprint density at radius 3 is 2.77 bits per heavy atom. The van der Waals surface area contributed by atoms with Crippen LogP contribution in [0.5, 0.6) is 5.75 Å². The first kappa shape index (κ1) is 16.1. The van der Waals surface area contributed by atoms with Crippen LogP contribution in [-0.2, 0) is 6.42 Å². The van der Waals surface area contributed by atoms with Crippen molar-refractivity contribution in [1.82, 2.24) is 10.3 Å². The quantitative estimate of drug-likeness (QED) is 0.890. The fourth-order valence-corrected chi connectivity index (χ4v) is 2.30. The molecule has 0 atom stereocenters. The van der Waals surface area contributed by atoms with E-state index in [1.807, 2.05) is 38.1 Å². The Morgan fingerprint density at radius 1 is 1.36 bits per heavy atom. The minimum absolute atomic E-state index is 0.146. The first-order valence-electron chi connectivity index (χ1n) is 7.40. The molecule has 0 fully saturated rings. The van der Waals surface area contributed by atoms with Gasteiger partial charge < -0.3 is 14.5 Å². The first-order valence-corrected chi connectivity index (χ1v) is 7.40. The number of rotatable bonds is 6. The minimum Gasteiger partial charge on any atom is -0.496 e. The van der Waals surface area contributed by atoms with Crippen molar-refractivity contribution in [1.29, 1.82) is 0 Å². The lowest BCUT2D eigenvalue weighted by Crippen LogP contribution is -2.26. The summed E-state index contributed by atoms with van der Waals surface area (Å²) in [6.45, 7) is 6.24. The molecular formula is C17H22N2O3. The standard InChI is InChI=1S/C17H22N2O3/c1-11(2)15-16(22-12(3)19-15)17(20)18-10-9-13-7-5-6-8-14(13)21-4/h5-8,11H,9-10H2,1-4H3,(H,18,20). The van der Waals surface area contributed by atoms with Gasteiger partial charge in [-0.15, -0.1) is 0 Å². The number of benzene rings is 1. The number of carbonyl (C=O) groups excluding carboxylic acids is 1. The van der Waals surface area contributed by atoms with Crippen molar-refractivity contribution in [3.05, 3.63) is 47.2 Å². The molecule has 1 aromatic carbocycles. The van der Waals surface area contributed by atoms with Gasteiger partial charge in [-0.05, 0) is 24.0 Å². The molecule has 118 valence electrons. The molecule has 2 rings (SSSR count). The van der Waals surface area contributed by atoms with E-state index < -0.39 is 0 Å². The van der Waals surface area contributed by atoms with Gasteiger partial charge in [-0.25, -0.2) is 4.98 Å². The van der Waals surface area contributed by atoms with Gasteiger partial charge in [0, 0.05) is 13.5 Å². The van der Waals surface area contributed by atoms with Crippen LogP contribution < -0.4 is 10.1 Å². The second-order valence-corrected chi connectivity index (χ2v) is 5.42. The van der Waals surface area contributed by atoms with Crippen molar-refractivity contribution in [3.8, 4) is 5.75 Å². The van der Waals surface area contributed by atoms with E-state index >= 15 is 0 Å². The first-order chi connectivity index (χ1) is 10.5. The molecule has 0 saturated carbocycles. The monoisotopic (exact) mass is 302 g/mol. The fraction of sp³-hybridized carbons (Fsp3) is 0.412. The normalized spacial score (nSPS) is 10.8. The van der Waals surface area contributed by atoms with E-state index in [9.17, 15) is 4.79 Å². The lowest BCUT2D eigenvalue weighted by Gasteiger charge is -2.09. The Labute approximate surface area is 130 Å². The van der Waals surface area contributed by atoms with Gasteiger partial charge in [-0.2, -0.15) is 0 Å². The van der Waals surface area contributed by atoms with Crippen LogP contribution in [0, 0.1) is 6.92 Å². The Morgan fingerprint density at radius 2 is 2.09 bits per heavy atom. The highest BCUT2D eigenvalue weighted by molar-refractivity contribution is 5.92. The van der Waals surface area contributed by atoms with E-state index in [0.717, 1.165) is 11.3 Å². The highest BCUT2D eigenvalue weighted by atomic mass is 16.5. The zero-order chi connectivity index (χ0) is 16.1. The molecule has 0 spiro atoms. The number of amides is 1. The van der Waals surface area contributed by atoms with E-state index in [2.05, 4.69) is 10.3 Å². The molecule has 1 aromatic heterocycles. The zero-order valence-corrected chi connectivity index (χ0v) is 13.5. The third kappa shape index (κ3) is 3.67. The van der Waals surface area contributed by atoms with Crippen LogP contribution in [0.3, 0.4) is 0 Å². The van der Waals surface area contributed by atoms with Gasteiger partial charge in [-0.1, -0.05) is 32.0 Å². The number of aromatic nitrogens is 1. The molecule has 0 radical (unpaired) electrons. The molecule has 22 heavy (non-hydrogen) atoms. The molecule has 0 saturated heterocycles. The number of aryl methyl sites for hydroxylation is 1. The predicted octanol–water partition coefficient (Wildman–Crippen LogP) is 3.09. The molecule has 0 aliphatic rings. The van der Waals surface area contributed by atoms with Crippen molar-refractivity contribution in [2.45, 2.75) is 33.1 Å². The molecule has 0 aliphatic carbocycles. The zero-order valence-electron chi connectivity index (χ0n) is 13.5. The summed E-state index contributed by atoms with van der Waals surface area (Å²) in [5.41, 5.74) is 1.76. The number of nitrogens with one attached hydrogen (secondary N) is 1. The molecule has 2 aromatic rings. The van der Waals surface area contributed by atoms with Crippen molar-refractivity contribution >= 4 is 5.91 Å². The number of carbonyl (C=O) groups is 1. The van der Waals surface area contributed by atoms with Crippen molar-refractivity contribution in [3.63, 3.8) is 0 Å². The van der Waals surface area contributed by atoms with Crippen LogP contribution in [0.4, 0.5) is 0 Å². The summed E-state index contributed by atoms with van der Waals surface area (Å²) in [6, 6.07) is 7.78. The second kappa shape index (κ2) is 7.11. The molecule has 0 unspecified atom stereocenters. The van der Waals surface area contributed by atoms with Gasteiger partial charge in [0.2, 0.25) is 5.76 Å². The van der Waals surface area contributed by atoms with Crippen LogP contribution in [0.2, 0.25) is 0 Å². The van der Waals surface area contributed by atoms with Gasteiger partial charge in [0.25, 0.3) is 5.91 Å². The molecule has 5 nitrogen and oxygen atoms in total. The minimum atomic E-state index is -0.223. The third-order valence-electron chi connectivity index (χ3n) is 3.39. The number of ether oxygens (including phenoxy) is 1. The molecule has 0 bridgehead atoms. The number of nitrogens with zero attached hydrogens (tertiary/aromatic N) is 1. The largest absolute Gasteiger partial charge is 0.496 e. The van der Waals surface area contributed by atoms with Crippen molar-refractivity contribution < 1.29 is 13.9 Å². The van der Waals surface area contributed by atoms with Crippen LogP contribution in [0.25, 0.3) is 0 Å². The Hall–Kier alpha value is -2.30. The molecule has 0 aliphatic heterocycles. The maximum Gasteiger partial charge on any atom is 0.289 e. The number of para-hydroxylation sites is 1. The highest BCUT2D eigenvalue weighted by Gasteiger charge is 2.20. The number of oxazole rings is 1. The number of methoxy groups -OCH3 is 1. The molecule has 1 N–H and O–H groups in total. The molecule has 1 heterocycles. The van der Waals surface area contributed by atoms with Crippen molar-refractivity contribution in [2.24, 2.45) is 0 Å². The Kier molecular flexibility index (Phi) is 5.20. The summed E-state index contributed by atoms with van der Waals surface area (Å²) in [6.07, 6.45) is 0.694. The van der Waals surface area contributed by atoms with E-state index in [-0.39, 0.29) is 11.8 Å².